The molecular formula is C18H17BrN6O3S. The van der Waals surface area contributed by atoms with Crippen LogP contribution < -0.4 is 5.32 Å². The number of tetrazole rings is 1. The minimum atomic E-state index is -0.465. The molecular weight excluding hydrogens is 460 g/mol. The van der Waals surface area contributed by atoms with Crippen LogP contribution in [-0.4, -0.2) is 43.7 Å². The van der Waals surface area contributed by atoms with E-state index in [1.54, 1.807) is 27.0 Å². The third kappa shape index (κ3) is 4.98. The fourth-order valence-electron chi connectivity index (χ4n) is 2.39. The van der Waals surface area contributed by atoms with Gasteiger partial charge in [0.15, 0.2) is 0 Å². The molecule has 0 unspecified atom stereocenters. The first kappa shape index (κ1) is 20.9. The van der Waals surface area contributed by atoms with Crippen LogP contribution in [0.15, 0.2) is 44.9 Å². The molecule has 9 nitrogen and oxygen atoms in total. The standard InChI is InChI=1S/C18H17BrN6O3S/c1-4-28-17(27)12-6-7-13(20-10(12)2)16(26)21-14-9-11(19)5-8-15(14)29-18-22-23-24-25(18)3/h5-9H,4H2,1-3H3,(H,21,26). The van der Waals surface area contributed by atoms with E-state index in [1.807, 2.05) is 12.1 Å². The minimum absolute atomic E-state index is 0.187. The number of pyridine rings is 1. The first-order chi connectivity index (χ1) is 13.9. The number of hydrogen-bond acceptors (Lipinski definition) is 8. The molecule has 11 heteroatoms. The predicted octanol–water partition coefficient (Wildman–Crippen LogP) is 3.26. The van der Waals surface area contributed by atoms with Crippen molar-refractivity contribution in [3.8, 4) is 0 Å². The lowest BCUT2D eigenvalue weighted by Gasteiger charge is -2.11. The fraction of sp³-hybridized carbons (Fsp3) is 0.222. The number of nitrogens with one attached hydrogen (secondary N) is 1. The van der Waals surface area contributed by atoms with Crippen LogP contribution in [0.25, 0.3) is 0 Å². The Morgan fingerprint density at radius 1 is 1.28 bits per heavy atom. The van der Waals surface area contributed by atoms with Crippen LogP contribution >= 0.6 is 27.7 Å². The molecule has 2 heterocycles. The van der Waals surface area contributed by atoms with Gasteiger partial charge in [0, 0.05) is 16.4 Å². The lowest BCUT2D eigenvalue weighted by atomic mass is 10.2. The van der Waals surface area contributed by atoms with Gasteiger partial charge < -0.3 is 10.1 Å². The monoisotopic (exact) mass is 476 g/mol. The van der Waals surface area contributed by atoms with E-state index >= 15 is 0 Å². The predicted molar refractivity (Wildman–Crippen MR) is 110 cm³/mol. The molecule has 0 aliphatic rings. The Bertz CT molecular complexity index is 1070. The number of aromatic nitrogens is 5. The number of esters is 1. The SMILES string of the molecule is CCOC(=O)c1ccc(C(=O)Nc2cc(Br)ccc2Sc2nnnn2C)nc1C. The van der Waals surface area contributed by atoms with E-state index in [4.69, 9.17) is 4.74 Å². The van der Waals surface area contributed by atoms with Crippen molar-refractivity contribution in [3.63, 3.8) is 0 Å². The summed E-state index contributed by atoms with van der Waals surface area (Å²) in [7, 11) is 1.73. The molecule has 0 fully saturated rings. The van der Waals surface area contributed by atoms with E-state index < -0.39 is 11.9 Å². The van der Waals surface area contributed by atoms with Crippen molar-refractivity contribution < 1.29 is 14.3 Å². The highest BCUT2D eigenvalue weighted by atomic mass is 79.9. The summed E-state index contributed by atoms with van der Waals surface area (Å²) in [6, 6.07) is 8.52. The number of benzene rings is 1. The number of amides is 1. The zero-order valence-electron chi connectivity index (χ0n) is 15.8. The molecule has 1 N–H and O–H groups in total. The summed E-state index contributed by atoms with van der Waals surface area (Å²) in [5, 5.41) is 14.8. The van der Waals surface area contributed by atoms with Gasteiger partial charge in [0.05, 0.1) is 23.6 Å². The molecule has 2 aromatic heterocycles. The number of ether oxygens (including phenoxy) is 1. The van der Waals surface area contributed by atoms with Crippen molar-refractivity contribution in [2.24, 2.45) is 7.05 Å². The van der Waals surface area contributed by atoms with Gasteiger partial charge in [-0.15, -0.1) is 5.10 Å². The second-order valence-electron chi connectivity index (χ2n) is 5.83. The quantitative estimate of drug-likeness (QED) is 0.539. The number of anilines is 1. The van der Waals surface area contributed by atoms with Crippen LogP contribution in [0.3, 0.4) is 0 Å². The molecule has 29 heavy (non-hydrogen) atoms. The van der Waals surface area contributed by atoms with Crippen molar-refractivity contribution >= 4 is 45.3 Å². The van der Waals surface area contributed by atoms with Gasteiger partial charge >= 0.3 is 5.97 Å². The number of nitrogens with zero attached hydrogens (tertiary/aromatic N) is 5. The summed E-state index contributed by atoms with van der Waals surface area (Å²) in [6.45, 7) is 3.66. The number of carbonyl (C=O) groups is 2. The maximum atomic E-state index is 12.7. The summed E-state index contributed by atoms with van der Waals surface area (Å²) >= 11 is 4.73. The molecule has 0 bridgehead atoms. The molecule has 0 saturated heterocycles. The smallest absolute Gasteiger partial charge is 0.339 e. The van der Waals surface area contributed by atoms with Crippen LogP contribution in [0.5, 0.6) is 0 Å². The summed E-state index contributed by atoms with van der Waals surface area (Å²) in [6.07, 6.45) is 0. The van der Waals surface area contributed by atoms with Crippen LogP contribution in [0.4, 0.5) is 5.69 Å². The molecule has 0 spiro atoms. The highest BCUT2D eigenvalue weighted by Gasteiger charge is 2.17. The number of hydrogen-bond donors (Lipinski definition) is 1. The summed E-state index contributed by atoms with van der Waals surface area (Å²) in [4.78, 5) is 29.7. The fourth-order valence-corrected chi connectivity index (χ4v) is 3.55. The summed E-state index contributed by atoms with van der Waals surface area (Å²) in [5.41, 5.74) is 1.51. The summed E-state index contributed by atoms with van der Waals surface area (Å²) < 4.78 is 7.33. The number of halogens is 1. The van der Waals surface area contributed by atoms with E-state index in [-0.39, 0.29) is 12.3 Å². The molecule has 3 aromatic rings. The molecule has 1 amide bonds. The molecule has 0 radical (unpaired) electrons. The molecule has 0 saturated carbocycles. The maximum absolute atomic E-state index is 12.7. The number of rotatable bonds is 6. The van der Waals surface area contributed by atoms with Gasteiger partial charge in [0.1, 0.15) is 5.69 Å². The second-order valence-corrected chi connectivity index (χ2v) is 7.76. The highest BCUT2D eigenvalue weighted by Crippen LogP contribution is 2.34. The van der Waals surface area contributed by atoms with Crippen molar-refractivity contribution in [3.05, 3.63) is 51.8 Å². The molecule has 1 aromatic carbocycles. The van der Waals surface area contributed by atoms with E-state index in [2.05, 4.69) is 41.8 Å². The van der Waals surface area contributed by atoms with Crippen molar-refractivity contribution in [1.29, 1.82) is 0 Å². The third-order valence-corrected chi connectivity index (χ3v) is 5.38. The van der Waals surface area contributed by atoms with E-state index in [9.17, 15) is 9.59 Å². The van der Waals surface area contributed by atoms with Crippen molar-refractivity contribution in [2.75, 3.05) is 11.9 Å². The molecule has 0 aliphatic heterocycles. The molecule has 3 rings (SSSR count). The zero-order valence-corrected chi connectivity index (χ0v) is 18.2. The minimum Gasteiger partial charge on any atom is -0.462 e. The Hall–Kier alpha value is -2.79. The lowest BCUT2D eigenvalue weighted by Crippen LogP contribution is -2.16. The van der Waals surface area contributed by atoms with E-state index in [1.165, 1.54) is 28.6 Å². The molecule has 0 atom stereocenters. The second kappa shape index (κ2) is 9.14. The van der Waals surface area contributed by atoms with E-state index in [0.717, 1.165) is 9.37 Å². The Labute approximate surface area is 179 Å². The van der Waals surface area contributed by atoms with Gasteiger partial charge in [-0.05, 0) is 66.4 Å². The number of carbonyl (C=O) groups excluding carboxylic acids is 2. The third-order valence-electron chi connectivity index (χ3n) is 3.79. The summed E-state index contributed by atoms with van der Waals surface area (Å²) in [5.74, 6) is -0.869. The number of aryl methyl sites for hydroxylation is 2. The van der Waals surface area contributed by atoms with Crippen molar-refractivity contribution in [1.82, 2.24) is 25.2 Å². The van der Waals surface area contributed by atoms with Gasteiger partial charge in [0.2, 0.25) is 5.16 Å². The van der Waals surface area contributed by atoms with E-state index in [0.29, 0.717) is 22.1 Å². The highest BCUT2D eigenvalue weighted by molar-refractivity contribution is 9.10. The Balaban J connectivity index is 1.83. The van der Waals surface area contributed by atoms with Gasteiger partial charge in [-0.1, -0.05) is 15.9 Å². The van der Waals surface area contributed by atoms with Crippen LogP contribution in [-0.2, 0) is 11.8 Å². The topological polar surface area (TPSA) is 112 Å². The lowest BCUT2D eigenvalue weighted by molar-refractivity contribution is 0.0524. The van der Waals surface area contributed by atoms with Gasteiger partial charge in [-0.3, -0.25) is 4.79 Å². The molecule has 150 valence electrons. The van der Waals surface area contributed by atoms with Crippen LogP contribution in [0.1, 0.15) is 33.5 Å². The Morgan fingerprint density at radius 3 is 2.72 bits per heavy atom. The first-order valence-electron chi connectivity index (χ1n) is 8.55. The Kier molecular flexibility index (Phi) is 6.60. The average Bonchev–Trinajstić information content (AvgIpc) is 3.08. The average molecular weight is 477 g/mol. The van der Waals surface area contributed by atoms with Gasteiger partial charge in [0.25, 0.3) is 5.91 Å². The normalized spacial score (nSPS) is 10.6. The van der Waals surface area contributed by atoms with Gasteiger partial charge in [-0.2, -0.15) is 0 Å². The largest absolute Gasteiger partial charge is 0.462 e. The Morgan fingerprint density at radius 2 is 2.07 bits per heavy atom. The molecule has 0 aliphatic carbocycles. The van der Waals surface area contributed by atoms with Crippen molar-refractivity contribution in [2.45, 2.75) is 23.9 Å². The first-order valence-corrected chi connectivity index (χ1v) is 10.2. The maximum Gasteiger partial charge on any atom is 0.339 e. The zero-order chi connectivity index (χ0) is 21.0. The van der Waals surface area contributed by atoms with Crippen LogP contribution in [0, 0.1) is 6.92 Å². The van der Waals surface area contributed by atoms with Gasteiger partial charge in [-0.25, -0.2) is 14.5 Å². The van der Waals surface area contributed by atoms with Crippen LogP contribution in [0.2, 0.25) is 0 Å².